The molecule has 1 aliphatic heterocycles. The Hall–Kier alpha value is -2.61. The number of thiophene rings is 2. The molecule has 2 amide bonds. The number of rotatable bonds is 8. The molecule has 1 aromatic carbocycles. The van der Waals surface area contributed by atoms with Gasteiger partial charge in [-0.3, -0.25) is 9.59 Å². The summed E-state index contributed by atoms with van der Waals surface area (Å²) in [6, 6.07) is 12.6. The molecular formula is C24H23ClN2O3S2. The van der Waals surface area contributed by atoms with Crippen LogP contribution in [0.1, 0.15) is 26.2 Å². The number of carbonyl (C=O) groups is 2. The van der Waals surface area contributed by atoms with Gasteiger partial charge in [0.15, 0.2) is 0 Å². The topological polar surface area (TPSA) is 49.9 Å². The van der Waals surface area contributed by atoms with Crippen LogP contribution in [0.25, 0.3) is 0 Å². The largest absolute Gasteiger partial charge is 0.491 e. The van der Waals surface area contributed by atoms with Crippen LogP contribution in [-0.2, 0) is 11.2 Å². The number of benzene rings is 1. The van der Waals surface area contributed by atoms with Gasteiger partial charge in [0.1, 0.15) is 18.9 Å². The Morgan fingerprint density at radius 3 is 2.72 bits per heavy atom. The summed E-state index contributed by atoms with van der Waals surface area (Å²) in [6.45, 7) is 4.98. The fraction of sp³-hybridized carbons (Fsp3) is 0.250. The average Bonchev–Trinajstić information content (AvgIpc) is 3.50. The fourth-order valence-electron chi connectivity index (χ4n) is 3.77. The van der Waals surface area contributed by atoms with E-state index in [0.717, 1.165) is 12.0 Å². The summed E-state index contributed by atoms with van der Waals surface area (Å²) in [6.07, 6.45) is 2.45. The molecular weight excluding hydrogens is 464 g/mol. The molecule has 0 spiro atoms. The van der Waals surface area contributed by atoms with Crippen LogP contribution in [0.2, 0.25) is 5.02 Å². The summed E-state index contributed by atoms with van der Waals surface area (Å²) in [5.41, 5.74) is 1.11. The maximum Gasteiger partial charge on any atom is 0.264 e. The molecule has 0 fully saturated rings. The number of nitrogens with zero attached hydrogens (tertiary/aromatic N) is 2. The zero-order valence-corrected chi connectivity index (χ0v) is 19.8. The van der Waals surface area contributed by atoms with Crippen molar-refractivity contribution in [2.75, 3.05) is 26.2 Å². The van der Waals surface area contributed by atoms with E-state index < -0.39 is 0 Å². The third kappa shape index (κ3) is 5.06. The molecule has 0 bridgehead atoms. The van der Waals surface area contributed by atoms with Crippen LogP contribution in [0.5, 0.6) is 5.75 Å². The maximum absolute atomic E-state index is 13.4. The molecule has 0 saturated carbocycles. The quantitative estimate of drug-likeness (QED) is 0.406. The number of amides is 2. The van der Waals surface area contributed by atoms with E-state index in [1.54, 1.807) is 40.5 Å². The van der Waals surface area contributed by atoms with Gasteiger partial charge in [0.25, 0.3) is 5.91 Å². The normalized spacial score (nSPS) is 15.2. The van der Waals surface area contributed by atoms with Crippen molar-refractivity contribution in [2.24, 2.45) is 0 Å². The summed E-state index contributed by atoms with van der Waals surface area (Å²) in [7, 11) is 0. The molecule has 0 radical (unpaired) electrons. The Kier molecular flexibility index (Phi) is 7.29. The van der Waals surface area contributed by atoms with E-state index in [1.807, 2.05) is 28.5 Å². The van der Waals surface area contributed by atoms with Gasteiger partial charge in [-0.25, -0.2) is 0 Å². The minimum atomic E-state index is -0.212. The first-order valence-electron chi connectivity index (χ1n) is 10.2. The lowest BCUT2D eigenvalue weighted by Gasteiger charge is -2.37. The van der Waals surface area contributed by atoms with Gasteiger partial charge in [-0.2, -0.15) is 0 Å². The summed E-state index contributed by atoms with van der Waals surface area (Å²) in [4.78, 5) is 31.5. The minimum Gasteiger partial charge on any atom is -0.491 e. The first-order valence-corrected chi connectivity index (χ1v) is 12.4. The Morgan fingerprint density at radius 2 is 2.00 bits per heavy atom. The van der Waals surface area contributed by atoms with Gasteiger partial charge < -0.3 is 14.5 Å². The standard InChI is InChI=1S/C24H23ClN2O3S2/c1-2-11-26(24(29)22-4-3-13-31-22)15-23(28)27-12-9-21-19(10-14-32-21)20(27)16-30-18-7-5-17(25)6-8-18/h2-8,10,13-14,20H,1,9,11-12,15-16H2. The van der Waals surface area contributed by atoms with Crippen LogP contribution in [-0.4, -0.2) is 47.9 Å². The smallest absolute Gasteiger partial charge is 0.264 e. The molecule has 0 aliphatic carbocycles. The second-order valence-corrected chi connectivity index (χ2v) is 9.75. The van der Waals surface area contributed by atoms with E-state index in [1.165, 1.54) is 16.2 Å². The van der Waals surface area contributed by atoms with Crippen molar-refractivity contribution < 1.29 is 14.3 Å². The molecule has 1 atom stereocenters. The van der Waals surface area contributed by atoms with Crippen molar-refractivity contribution in [3.63, 3.8) is 0 Å². The number of hydrogen-bond donors (Lipinski definition) is 0. The molecule has 0 N–H and O–H groups in total. The van der Waals surface area contributed by atoms with Gasteiger partial charge >= 0.3 is 0 Å². The highest BCUT2D eigenvalue weighted by Gasteiger charge is 2.33. The SMILES string of the molecule is C=CCN(CC(=O)N1CCc2sccc2C1COc1ccc(Cl)cc1)C(=O)c1cccs1. The minimum absolute atomic E-state index is 0.000329. The van der Waals surface area contributed by atoms with Gasteiger partial charge in [-0.1, -0.05) is 23.7 Å². The number of halogens is 1. The van der Waals surface area contributed by atoms with Crippen molar-refractivity contribution in [1.29, 1.82) is 0 Å². The zero-order chi connectivity index (χ0) is 22.5. The summed E-state index contributed by atoms with van der Waals surface area (Å²) >= 11 is 9.04. The van der Waals surface area contributed by atoms with Crippen LogP contribution < -0.4 is 4.74 Å². The van der Waals surface area contributed by atoms with Crippen LogP contribution in [0.3, 0.4) is 0 Å². The molecule has 1 aliphatic rings. The predicted molar refractivity (Wildman–Crippen MR) is 130 cm³/mol. The van der Waals surface area contributed by atoms with E-state index in [4.69, 9.17) is 16.3 Å². The second-order valence-electron chi connectivity index (χ2n) is 7.37. The molecule has 0 saturated heterocycles. The van der Waals surface area contributed by atoms with Crippen LogP contribution >= 0.6 is 34.3 Å². The summed E-state index contributed by atoms with van der Waals surface area (Å²) in [5, 5.41) is 4.55. The lowest BCUT2D eigenvalue weighted by atomic mass is 10.0. The zero-order valence-electron chi connectivity index (χ0n) is 17.4. The number of carbonyl (C=O) groups excluding carboxylic acids is 2. The summed E-state index contributed by atoms with van der Waals surface area (Å²) < 4.78 is 6.02. The Balaban J connectivity index is 1.51. The van der Waals surface area contributed by atoms with Crippen molar-refractivity contribution in [3.05, 3.63) is 86.2 Å². The lowest BCUT2D eigenvalue weighted by molar-refractivity contribution is -0.135. The summed E-state index contributed by atoms with van der Waals surface area (Å²) in [5.74, 6) is 0.444. The van der Waals surface area contributed by atoms with Crippen molar-refractivity contribution >= 4 is 46.1 Å². The van der Waals surface area contributed by atoms with Gasteiger partial charge in [-0.15, -0.1) is 29.3 Å². The molecule has 32 heavy (non-hydrogen) atoms. The lowest BCUT2D eigenvalue weighted by Crippen LogP contribution is -2.47. The molecule has 5 nitrogen and oxygen atoms in total. The number of hydrogen-bond acceptors (Lipinski definition) is 5. The van der Waals surface area contributed by atoms with Crippen LogP contribution in [0.4, 0.5) is 0 Å². The molecule has 4 rings (SSSR count). The van der Waals surface area contributed by atoms with Crippen LogP contribution in [0, 0.1) is 0 Å². The van der Waals surface area contributed by atoms with Crippen LogP contribution in [0.15, 0.2) is 65.9 Å². The van der Waals surface area contributed by atoms with Gasteiger partial charge in [0.05, 0.1) is 10.9 Å². The maximum atomic E-state index is 13.4. The number of ether oxygens (including phenoxy) is 1. The molecule has 2 aromatic heterocycles. The van der Waals surface area contributed by atoms with Crippen molar-refractivity contribution in [3.8, 4) is 5.75 Å². The highest BCUT2D eigenvalue weighted by Crippen LogP contribution is 2.34. The molecule has 8 heteroatoms. The first-order chi connectivity index (χ1) is 15.6. The molecule has 1 unspecified atom stereocenters. The van der Waals surface area contributed by atoms with Gasteiger partial charge in [0.2, 0.25) is 5.91 Å². The molecule has 3 heterocycles. The molecule has 166 valence electrons. The van der Waals surface area contributed by atoms with Crippen molar-refractivity contribution in [1.82, 2.24) is 9.80 Å². The Bertz CT molecular complexity index is 1080. The Labute approximate surface area is 200 Å². The van der Waals surface area contributed by atoms with E-state index in [9.17, 15) is 9.59 Å². The van der Waals surface area contributed by atoms with Gasteiger partial charge in [0, 0.05) is 23.0 Å². The van der Waals surface area contributed by atoms with Gasteiger partial charge in [-0.05, 0) is 59.1 Å². The van der Waals surface area contributed by atoms with E-state index in [0.29, 0.717) is 35.3 Å². The molecule has 3 aromatic rings. The fourth-order valence-corrected chi connectivity index (χ4v) is 5.51. The average molecular weight is 487 g/mol. The highest BCUT2D eigenvalue weighted by molar-refractivity contribution is 7.12. The highest BCUT2D eigenvalue weighted by atomic mass is 35.5. The second kappa shape index (κ2) is 10.3. The van der Waals surface area contributed by atoms with E-state index in [2.05, 4.69) is 18.0 Å². The Morgan fingerprint density at radius 1 is 1.19 bits per heavy atom. The van der Waals surface area contributed by atoms with E-state index in [-0.39, 0.29) is 24.4 Å². The monoisotopic (exact) mass is 486 g/mol. The third-order valence-corrected chi connectivity index (χ3v) is 7.44. The van der Waals surface area contributed by atoms with E-state index >= 15 is 0 Å². The van der Waals surface area contributed by atoms with Crippen molar-refractivity contribution in [2.45, 2.75) is 12.5 Å². The predicted octanol–water partition coefficient (Wildman–Crippen LogP) is 5.30. The first kappa shape index (κ1) is 22.6. The third-order valence-electron chi connectivity index (χ3n) is 5.33. The number of fused-ring (bicyclic) bond motifs is 1.